The van der Waals surface area contributed by atoms with Crippen LogP contribution < -0.4 is 0 Å². The third kappa shape index (κ3) is 6.04. The maximum Gasteiger partial charge on any atom is 0.0900 e. The molecule has 0 amide bonds. The Morgan fingerprint density at radius 1 is 1.47 bits per heavy atom. The highest BCUT2D eigenvalue weighted by molar-refractivity contribution is 4.92. The maximum absolute atomic E-state index is 9.87. The second-order valence-corrected chi connectivity index (χ2v) is 5.02. The van der Waals surface area contributed by atoms with Crippen LogP contribution in [0.1, 0.15) is 20.3 Å². The molecule has 1 aliphatic heterocycles. The lowest BCUT2D eigenvalue weighted by molar-refractivity contribution is -0.0692. The first-order valence-corrected chi connectivity index (χ1v) is 6.09. The molecule has 1 fully saturated rings. The van der Waals surface area contributed by atoms with Gasteiger partial charge in [0.05, 0.1) is 31.5 Å². The summed E-state index contributed by atoms with van der Waals surface area (Å²) in [6.07, 6.45) is 5.34. The van der Waals surface area contributed by atoms with Crippen LogP contribution in [0, 0.1) is 12.3 Å². The molecular formula is C13H23NO3. The van der Waals surface area contributed by atoms with Gasteiger partial charge in [-0.25, -0.2) is 0 Å². The van der Waals surface area contributed by atoms with Gasteiger partial charge in [0.2, 0.25) is 0 Å². The molecule has 98 valence electrons. The summed E-state index contributed by atoms with van der Waals surface area (Å²) in [5, 5.41) is 9.87. The Bertz CT molecular complexity index is 254. The normalized spacial score (nSPS) is 19.9. The lowest BCUT2D eigenvalue weighted by atomic mass is 10.1. The summed E-state index contributed by atoms with van der Waals surface area (Å²) < 4.78 is 10.9. The number of aliphatic hydroxyl groups excluding tert-OH is 1. The van der Waals surface area contributed by atoms with Crippen molar-refractivity contribution in [3.05, 3.63) is 0 Å². The molecule has 4 heteroatoms. The standard InChI is InChI=1S/C13H23NO3/c1-4-5-13(2,3)17-11-12(15)10-14-6-8-16-9-7-14/h1,12,15H,5-11H2,2-3H3/t12-/m1/s1. The van der Waals surface area contributed by atoms with Crippen molar-refractivity contribution in [1.29, 1.82) is 0 Å². The molecule has 4 nitrogen and oxygen atoms in total. The van der Waals surface area contributed by atoms with E-state index in [1.165, 1.54) is 0 Å². The van der Waals surface area contributed by atoms with Gasteiger partial charge in [-0.2, -0.15) is 0 Å². The third-order valence-corrected chi connectivity index (χ3v) is 2.77. The molecule has 0 aromatic rings. The fraction of sp³-hybridized carbons (Fsp3) is 0.846. The molecule has 0 saturated carbocycles. The van der Waals surface area contributed by atoms with Crippen molar-refractivity contribution in [2.24, 2.45) is 0 Å². The van der Waals surface area contributed by atoms with Crippen molar-refractivity contribution in [3.63, 3.8) is 0 Å². The number of hydrogen-bond donors (Lipinski definition) is 1. The van der Waals surface area contributed by atoms with E-state index >= 15 is 0 Å². The first-order valence-electron chi connectivity index (χ1n) is 6.09. The molecule has 1 rings (SSSR count). The predicted octanol–water partition coefficient (Wildman–Crippen LogP) is 0.498. The number of β-amino-alcohol motifs (C(OH)–C–C–N with tert-alkyl or cyclic N) is 1. The van der Waals surface area contributed by atoms with Crippen molar-refractivity contribution in [2.45, 2.75) is 32.0 Å². The van der Waals surface area contributed by atoms with Crippen molar-refractivity contribution < 1.29 is 14.6 Å². The first-order chi connectivity index (χ1) is 8.03. The number of rotatable bonds is 6. The van der Waals surface area contributed by atoms with Gasteiger partial charge < -0.3 is 14.6 Å². The molecule has 17 heavy (non-hydrogen) atoms. The summed E-state index contributed by atoms with van der Waals surface area (Å²) in [5.41, 5.74) is -0.360. The molecule has 1 aliphatic rings. The number of aliphatic hydroxyl groups is 1. The van der Waals surface area contributed by atoms with Crippen LogP contribution in [0.5, 0.6) is 0 Å². The van der Waals surface area contributed by atoms with Crippen molar-refractivity contribution in [2.75, 3.05) is 39.5 Å². The number of morpholine rings is 1. The number of ether oxygens (including phenoxy) is 2. The molecule has 0 aromatic carbocycles. The molecule has 0 radical (unpaired) electrons. The quantitative estimate of drug-likeness (QED) is 0.688. The maximum atomic E-state index is 9.87. The van der Waals surface area contributed by atoms with Crippen LogP contribution in [-0.4, -0.2) is 61.2 Å². The second-order valence-electron chi connectivity index (χ2n) is 5.02. The van der Waals surface area contributed by atoms with Crippen LogP contribution in [0.4, 0.5) is 0 Å². The monoisotopic (exact) mass is 241 g/mol. The summed E-state index contributed by atoms with van der Waals surface area (Å²) in [6.45, 7) is 8.09. The Labute approximate surface area is 104 Å². The fourth-order valence-electron chi connectivity index (χ4n) is 1.75. The van der Waals surface area contributed by atoms with E-state index in [9.17, 15) is 5.11 Å². The smallest absolute Gasteiger partial charge is 0.0900 e. The van der Waals surface area contributed by atoms with Gasteiger partial charge in [0.1, 0.15) is 0 Å². The lowest BCUT2D eigenvalue weighted by Crippen LogP contribution is -2.43. The van der Waals surface area contributed by atoms with Crippen LogP contribution in [0.2, 0.25) is 0 Å². The van der Waals surface area contributed by atoms with E-state index in [-0.39, 0.29) is 5.60 Å². The molecule has 0 aromatic heterocycles. The van der Waals surface area contributed by atoms with Gasteiger partial charge in [0, 0.05) is 26.1 Å². The molecule has 0 bridgehead atoms. The first kappa shape index (κ1) is 14.5. The highest BCUT2D eigenvalue weighted by Crippen LogP contribution is 2.14. The third-order valence-electron chi connectivity index (χ3n) is 2.77. The summed E-state index contributed by atoms with van der Waals surface area (Å²) in [4.78, 5) is 2.19. The van der Waals surface area contributed by atoms with Gasteiger partial charge in [-0.1, -0.05) is 0 Å². The average molecular weight is 241 g/mol. The molecule has 1 heterocycles. The van der Waals surface area contributed by atoms with E-state index in [1.54, 1.807) is 0 Å². The molecule has 0 aliphatic carbocycles. The summed E-state index contributed by atoms with van der Waals surface area (Å²) >= 11 is 0. The number of terminal acetylenes is 1. The van der Waals surface area contributed by atoms with E-state index < -0.39 is 6.10 Å². The Kier molecular flexibility index (Phi) is 5.93. The van der Waals surface area contributed by atoms with Gasteiger partial charge >= 0.3 is 0 Å². The Hall–Kier alpha value is -0.600. The molecule has 0 unspecified atom stereocenters. The lowest BCUT2D eigenvalue weighted by Gasteiger charge is -2.30. The SMILES string of the molecule is C#CCC(C)(C)OC[C@H](O)CN1CCOCC1. The van der Waals surface area contributed by atoms with Crippen molar-refractivity contribution in [3.8, 4) is 12.3 Å². The Morgan fingerprint density at radius 2 is 2.12 bits per heavy atom. The summed E-state index contributed by atoms with van der Waals surface area (Å²) in [5.74, 6) is 2.58. The van der Waals surface area contributed by atoms with Crippen LogP contribution in [0.3, 0.4) is 0 Å². The van der Waals surface area contributed by atoms with Gasteiger partial charge in [0.15, 0.2) is 0 Å². The van der Waals surface area contributed by atoms with Crippen molar-refractivity contribution in [1.82, 2.24) is 4.90 Å². The number of nitrogens with zero attached hydrogens (tertiary/aromatic N) is 1. The van der Waals surface area contributed by atoms with Gasteiger partial charge in [0.25, 0.3) is 0 Å². The largest absolute Gasteiger partial charge is 0.389 e. The Balaban J connectivity index is 2.20. The topological polar surface area (TPSA) is 41.9 Å². The Morgan fingerprint density at radius 3 is 2.71 bits per heavy atom. The molecular weight excluding hydrogens is 218 g/mol. The van der Waals surface area contributed by atoms with Crippen LogP contribution in [0.25, 0.3) is 0 Å². The molecule has 1 N–H and O–H groups in total. The predicted molar refractivity (Wildman–Crippen MR) is 66.7 cm³/mol. The molecule has 1 saturated heterocycles. The zero-order valence-electron chi connectivity index (χ0n) is 10.8. The van der Waals surface area contributed by atoms with E-state index in [0.29, 0.717) is 19.6 Å². The minimum atomic E-state index is -0.467. The highest BCUT2D eigenvalue weighted by atomic mass is 16.5. The fourth-order valence-corrected chi connectivity index (χ4v) is 1.75. The van der Waals surface area contributed by atoms with Gasteiger partial charge in [-0.15, -0.1) is 12.3 Å². The summed E-state index contributed by atoms with van der Waals surface area (Å²) in [6, 6.07) is 0. The molecule has 1 atom stereocenters. The second kappa shape index (κ2) is 6.97. The zero-order valence-corrected chi connectivity index (χ0v) is 10.8. The van der Waals surface area contributed by atoms with Crippen LogP contribution >= 0.6 is 0 Å². The minimum Gasteiger partial charge on any atom is -0.389 e. The van der Waals surface area contributed by atoms with E-state index in [2.05, 4.69) is 10.8 Å². The van der Waals surface area contributed by atoms with Gasteiger partial charge in [-0.3, -0.25) is 4.90 Å². The van der Waals surface area contributed by atoms with Gasteiger partial charge in [-0.05, 0) is 13.8 Å². The average Bonchev–Trinajstić information content (AvgIpc) is 2.28. The van der Waals surface area contributed by atoms with Crippen LogP contribution in [0.15, 0.2) is 0 Å². The molecule has 0 spiro atoms. The van der Waals surface area contributed by atoms with E-state index in [0.717, 1.165) is 26.3 Å². The number of hydrogen-bond acceptors (Lipinski definition) is 4. The zero-order chi connectivity index (χ0) is 12.7. The van der Waals surface area contributed by atoms with Crippen LogP contribution in [-0.2, 0) is 9.47 Å². The summed E-state index contributed by atoms with van der Waals surface area (Å²) in [7, 11) is 0. The highest BCUT2D eigenvalue weighted by Gasteiger charge is 2.20. The van der Waals surface area contributed by atoms with E-state index in [4.69, 9.17) is 15.9 Å². The van der Waals surface area contributed by atoms with E-state index in [1.807, 2.05) is 13.8 Å². The minimum absolute atomic E-state index is 0.325. The van der Waals surface area contributed by atoms with Crippen molar-refractivity contribution >= 4 is 0 Å².